The lowest BCUT2D eigenvalue weighted by Gasteiger charge is -2.06. The van der Waals surface area contributed by atoms with E-state index < -0.39 is 0 Å². The maximum Gasteiger partial charge on any atom is 0.118 e. The molecule has 0 amide bonds. The van der Waals surface area contributed by atoms with Crippen molar-refractivity contribution >= 4 is 0 Å². The molecule has 2 aromatic rings. The minimum atomic E-state index is 0.707. The fourth-order valence-corrected chi connectivity index (χ4v) is 2.14. The first-order valence-corrected chi connectivity index (χ1v) is 7.14. The molecule has 0 bridgehead atoms. The lowest BCUT2D eigenvalue weighted by molar-refractivity contribution is 0.414. The fourth-order valence-electron chi connectivity index (χ4n) is 2.14. The maximum atomic E-state index is 8.74. The smallest absolute Gasteiger partial charge is 0.118 e. The number of aryl methyl sites for hydroxylation is 1. The van der Waals surface area contributed by atoms with Crippen molar-refractivity contribution in [3.8, 4) is 11.8 Å². The van der Waals surface area contributed by atoms with Crippen LogP contribution in [0, 0.1) is 11.3 Å². The summed E-state index contributed by atoms with van der Waals surface area (Å²) in [6.45, 7) is 1.82. The first-order chi connectivity index (χ1) is 10.3. The predicted molar refractivity (Wildman–Crippen MR) is 84.2 cm³/mol. The van der Waals surface area contributed by atoms with Crippen LogP contribution in [0.1, 0.15) is 23.1 Å². The molecule has 0 aliphatic heterocycles. The molecule has 0 atom stereocenters. The third-order valence-corrected chi connectivity index (χ3v) is 3.39. The van der Waals surface area contributed by atoms with Crippen LogP contribution in [0.25, 0.3) is 0 Å². The largest absolute Gasteiger partial charge is 0.497 e. The van der Waals surface area contributed by atoms with Crippen LogP contribution in [-0.2, 0) is 13.0 Å². The molecule has 0 fully saturated rings. The van der Waals surface area contributed by atoms with E-state index in [1.54, 1.807) is 7.11 Å². The maximum absolute atomic E-state index is 8.74. The van der Waals surface area contributed by atoms with Crippen molar-refractivity contribution in [1.82, 2.24) is 5.32 Å². The Morgan fingerprint density at radius 3 is 2.29 bits per heavy atom. The summed E-state index contributed by atoms with van der Waals surface area (Å²) in [7, 11) is 1.68. The van der Waals surface area contributed by atoms with Crippen molar-refractivity contribution in [2.24, 2.45) is 0 Å². The molecule has 0 heterocycles. The van der Waals surface area contributed by atoms with Gasteiger partial charge in [-0.2, -0.15) is 5.26 Å². The minimum absolute atomic E-state index is 0.707. The molecule has 0 radical (unpaired) electrons. The third kappa shape index (κ3) is 4.94. The highest BCUT2D eigenvalue weighted by atomic mass is 16.5. The first-order valence-electron chi connectivity index (χ1n) is 7.14. The Balaban J connectivity index is 1.66. The van der Waals surface area contributed by atoms with Crippen LogP contribution in [0.2, 0.25) is 0 Å². The minimum Gasteiger partial charge on any atom is -0.497 e. The zero-order chi connectivity index (χ0) is 14.9. The lowest BCUT2D eigenvalue weighted by Crippen LogP contribution is -2.15. The van der Waals surface area contributed by atoms with Crippen molar-refractivity contribution in [2.75, 3.05) is 13.7 Å². The zero-order valence-electron chi connectivity index (χ0n) is 12.3. The predicted octanol–water partition coefficient (Wildman–Crippen LogP) is 3.29. The Kier molecular flexibility index (Phi) is 5.81. The molecule has 108 valence electrons. The van der Waals surface area contributed by atoms with Gasteiger partial charge in [0.2, 0.25) is 0 Å². The number of hydrogen-bond donors (Lipinski definition) is 1. The fraction of sp³-hybridized carbons (Fsp3) is 0.278. The summed E-state index contributed by atoms with van der Waals surface area (Å²) >= 11 is 0. The van der Waals surface area contributed by atoms with Crippen LogP contribution in [0.3, 0.4) is 0 Å². The number of ether oxygens (including phenoxy) is 1. The van der Waals surface area contributed by atoms with E-state index in [9.17, 15) is 0 Å². The Bertz CT molecular complexity index is 582. The molecule has 3 nitrogen and oxygen atoms in total. The van der Waals surface area contributed by atoms with Crippen LogP contribution in [0.5, 0.6) is 5.75 Å². The van der Waals surface area contributed by atoms with Crippen LogP contribution >= 0.6 is 0 Å². The Labute approximate surface area is 126 Å². The van der Waals surface area contributed by atoms with Gasteiger partial charge in [-0.05, 0) is 54.8 Å². The number of nitriles is 1. The first kappa shape index (κ1) is 15.1. The van der Waals surface area contributed by atoms with E-state index >= 15 is 0 Å². The van der Waals surface area contributed by atoms with E-state index in [4.69, 9.17) is 10.00 Å². The summed E-state index contributed by atoms with van der Waals surface area (Å²) in [5.41, 5.74) is 3.24. The second-order valence-corrected chi connectivity index (χ2v) is 4.94. The van der Waals surface area contributed by atoms with Gasteiger partial charge in [0.25, 0.3) is 0 Å². The van der Waals surface area contributed by atoms with Gasteiger partial charge in [0.05, 0.1) is 18.7 Å². The normalized spacial score (nSPS) is 10.1. The highest BCUT2D eigenvalue weighted by molar-refractivity contribution is 5.31. The molecule has 3 heteroatoms. The standard InChI is InChI=1S/C18H20N2O/c1-21-18-10-8-15(9-11-18)3-2-12-20-14-17-6-4-16(13-19)5-7-17/h4-11,20H,2-3,12,14H2,1H3. The second kappa shape index (κ2) is 8.08. The van der Waals surface area contributed by atoms with Gasteiger partial charge in [0.15, 0.2) is 0 Å². The highest BCUT2D eigenvalue weighted by Crippen LogP contribution is 2.12. The SMILES string of the molecule is COc1ccc(CCCNCc2ccc(C#N)cc2)cc1. The number of methoxy groups -OCH3 is 1. The van der Waals surface area contributed by atoms with Gasteiger partial charge < -0.3 is 10.1 Å². The number of hydrogen-bond acceptors (Lipinski definition) is 3. The molecular formula is C18H20N2O. The number of benzene rings is 2. The number of rotatable bonds is 7. The highest BCUT2D eigenvalue weighted by Gasteiger charge is 1.96. The van der Waals surface area contributed by atoms with Crippen molar-refractivity contribution in [1.29, 1.82) is 5.26 Å². The molecular weight excluding hydrogens is 260 g/mol. The summed E-state index contributed by atoms with van der Waals surface area (Å²) in [5.74, 6) is 0.901. The van der Waals surface area contributed by atoms with E-state index in [2.05, 4.69) is 23.5 Å². The Morgan fingerprint density at radius 2 is 1.67 bits per heavy atom. The summed E-state index contributed by atoms with van der Waals surface area (Å²) in [5, 5.41) is 12.2. The summed E-state index contributed by atoms with van der Waals surface area (Å²) in [6.07, 6.45) is 2.16. The Morgan fingerprint density at radius 1 is 1.00 bits per heavy atom. The van der Waals surface area contributed by atoms with Gasteiger partial charge in [-0.1, -0.05) is 24.3 Å². The van der Waals surface area contributed by atoms with Crippen molar-refractivity contribution in [3.05, 3.63) is 65.2 Å². The van der Waals surface area contributed by atoms with Crippen molar-refractivity contribution < 1.29 is 4.74 Å². The summed E-state index contributed by atoms with van der Waals surface area (Å²) < 4.78 is 5.15. The van der Waals surface area contributed by atoms with Gasteiger partial charge in [0, 0.05) is 6.54 Å². The van der Waals surface area contributed by atoms with Gasteiger partial charge in [-0.15, -0.1) is 0 Å². The van der Waals surface area contributed by atoms with E-state index in [1.807, 2.05) is 36.4 Å². The number of nitrogens with one attached hydrogen (secondary N) is 1. The quantitative estimate of drug-likeness (QED) is 0.792. The van der Waals surface area contributed by atoms with E-state index in [-0.39, 0.29) is 0 Å². The molecule has 0 aliphatic carbocycles. The van der Waals surface area contributed by atoms with Crippen molar-refractivity contribution in [2.45, 2.75) is 19.4 Å². The summed E-state index contributed by atoms with van der Waals surface area (Å²) in [6, 6.07) is 18.0. The Hall–Kier alpha value is -2.31. The van der Waals surface area contributed by atoms with Crippen LogP contribution < -0.4 is 10.1 Å². The van der Waals surface area contributed by atoms with Crippen LogP contribution in [0.15, 0.2) is 48.5 Å². The zero-order valence-corrected chi connectivity index (χ0v) is 12.3. The molecule has 1 N–H and O–H groups in total. The molecule has 21 heavy (non-hydrogen) atoms. The monoisotopic (exact) mass is 280 g/mol. The van der Waals surface area contributed by atoms with Crippen LogP contribution in [-0.4, -0.2) is 13.7 Å². The van der Waals surface area contributed by atoms with Crippen LogP contribution in [0.4, 0.5) is 0 Å². The van der Waals surface area contributed by atoms with Gasteiger partial charge in [0.1, 0.15) is 5.75 Å². The average Bonchev–Trinajstić information content (AvgIpc) is 2.55. The molecule has 0 aliphatic rings. The topological polar surface area (TPSA) is 45.0 Å². The third-order valence-electron chi connectivity index (χ3n) is 3.39. The molecule has 0 spiro atoms. The van der Waals surface area contributed by atoms with E-state index in [0.717, 1.165) is 31.7 Å². The molecule has 0 aromatic heterocycles. The average molecular weight is 280 g/mol. The van der Waals surface area contributed by atoms with Crippen molar-refractivity contribution in [3.63, 3.8) is 0 Å². The molecule has 2 rings (SSSR count). The molecule has 2 aromatic carbocycles. The molecule has 0 saturated carbocycles. The van der Waals surface area contributed by atoms with E-state index in [1.165, 1.54) is 11.1 Å². The number of nitrogens with zero attached hydrogens (tertiary/aromatic N) is 1. The second-order valence-electron chi connectivity index (χ2n) is 4.94. The van der Waals surface area contributed by atoms with Gasteiger partial charge >= 0.3 is 0 Å². The molecule has 0 unspecified atom stereocenters. The van der Waals surface area contributed by atoms with Gasteiger partial charge in [-0.25, -0.2) is 0 Å². The summed E-state index contributed by atoms with van der Waals surface area (Å²) in [4.78, 5) is 0. The molecule has 0 saturated heterocycles. The lowest BCUT2D eigenvalue weighted by atomic mass is 10.1. The van der Waals surface area contributed by atoms with E-state index in [0.29, 0.717) is 5.56 Å². The van der Waals surface area contributed by atoms with Gasteiger partial charge in [-0.3, -0.25) is 0 Å².